The van der Waals surface area contributed by atoms with Crippen molar-refractivity contribution >= 4 is 21.7 Å². The number of hydrogen-bond donors (Lipinski definition) is 2. The monoisotopic (exact) mass is 402 g/mol. The van der Waals surface area contributed by atoms with Crippen molar-refractivity contribution in [2.45, 2.75) is 63.3 Å². The number of hydrogen-bond acceptors (Lipinski definition) is 4. The van der Waals surface area contributed by atoms with Gasteiger partial charge >= 0.3 is 6.03 Å². The van der Waals surface area contributed by atoms with Crippen molar-refractivity contribution in [3.8, 4) is 0 Å². The molecule has 2 amide bonds. The molecule has 1 aromatic carbocycles. The molecule has 0 saturated carbocycles. The molecule has 8 heteroatoms. The van der Waals surface area contributed by atoms with Crippen LogP contribution in [0.1, 0.15) is 54.1 Å². The predicted molar refractivity (Wildman–Crippen MR) is 107 cm³/mol. The zero-order valence-electron chi connectivity index (χ0n) is 16.3. The Bertz CT molecular complexity index is 1010. The molecule has 4 rings (SSSR count). The summed E-state index contributed by atoms with van der Waals surface area (Å²) in [7, 11) is -2.31. The maximum Gasteiger partial charge on any atom is 0.333 e. The highest BCUT2D eigenvalue weighted by Crippen LogP contribution is 2.38. The van der Waals surface area contributed by atoms with E-state index in [2.05, 4.69) is 21.2 Å². The number of sulfonamides is 1. The molecule has 1 aromatic heterocycles. The van der Waals surface area contributed by atoms with Gasteiger partial charge in [0.25, 0.3) is 10.0 Å². The molecule has 0 radical (unpaired) electrons. The number of fused-ring (bicyclic) bond motifs is 2. The lowest BCUT2D eigenvalue weighted by atomic mass is 9.99. The fourth-order valence-electron chi connectivity index (χ4n) is 4.38. The van der Waals surface area contributed by atoms with Crippen molar-refractivity contribution in [2.24, 2.45) is 7.05 Å². The minimum absolute atomic E-state index is 0.128. The molecule has 7 nitrogen and oxygen atoms in total. The zero-order chi connectivity index (χ0) is 19.9. The third kappa shape index (κ3) is 3.41. The Balaban J connectivity index is 1.56. The number of nitrogens with zero attached hydrogens (tertiary/aromatic N) is 2. The summed E-state index contributed by atoms with van der Waals surface area (Å²) in [5.74, 6) is 0. The van der Waals surface area contributed by atoms with E-state index in [1.54, 1.807) is 11.7 Å². The third-order valence-electron chi connectivity index (χ3n) is 5.67. The van der Waals surface area contributed by atoms with Crippen molar-refractivity contribution < 1.29 is 13.2 Å². The first-order valence-electron chi connectivity index (χ1n) is 9.92. The normalized spacial score (nSPS) is 15.4. The number of rotatable bonds is 5. The second-order valence-corrected chi connectivity index (χ2v) is 9.27. The fraction of sp³-hybridized carbons (Fsp3) is 0.500. The second kappa shape index (κ2) is 7.24. The SMILES string of the molecule is CCCc1cc(S(=O)(=O)NC(=O)Nc2c3c(cc4c2CCC4)CCC3)nn1C. The van der Waals surface area contributed by atoms with Crippen molar-refractivity contribution in [3.05, 3.63) is 40.1 Å². The lowest BCUT2D eigenvalue weighted by Crippen LogP contribution is -2.35. The summed E-state index contributed by atoms with van der Waals surface area (Å²) in [6.07, 6.45) is 7.64. The molecule has 0 unspecified atom stereocenters. The van der Waals surface area contributed by atoms with Gasteiger partial charge in [0.1, 0.15) is 0 Å². The van der Waals surface area contributed by atoms with Crippen LogP contribution in [0.25, 0.3) is 0 Å². The van der Waals surface area contributed by atoms with Gasteiger partial charge in [0.2, 0.25) is 0 Å². The number of anilines is 1. The van der Waals surface area contributed by atoms with Crippen LogP contribution >= 0.6 is 0 Å². The molecule has 2 aliphatic carbocycles. The lowest BCUT2D eigenvalue weighted by molar-refractivity contribution is 0.256. The highest BCUT2D eigenvalue weighted by Gasteiger charge is 2.27. The van der Waals surface area contributed by atoms with E-state index >= 15 is 0 Å². The summed E-state index contributed by atoms with van der Waals surface area (Å²) in [5, 5.41) is 6.79. The summed E-state index contributed by atoms with van der Waals surface area (Å²) in [5.41, 5.74) is 6.54. The Kier molecular flexibility index (Phi) is 4.91. The highest BCUT2D eigenvalue weighted by molar-refractivity contribution is 7.90. The van der Waals surface area contributed by atoms with Crippen molar-refractivity contribution in [1.29, 1.82) is 0 Å². The van der Waals surface area contributed by atoms with Crippen LogP contribution in [0, 0.1) is 0 Å². The smallest absolute Gasteiger partial charge is 0.307 e. The van der Waals surface area contributed by atoms with E-state index in [1.165, 1.54) is 17.2 Å². The molecule has 2 aromatic rings. The van der Waals surface area contributed by atoms with Gasteiger partial charge in [-0.25, -0.2) is 9.52 Å². The van der Waals surface area contributed by atoms with E-state index < -0.39 is 16.1 Å². The van der Waals surface area contributed by atoms with Crippen LogP contribution in [-0.2, 0) is 49.2 Å². The van der Waals surface area contributed by atoms with Crippen molar-refractivity contribution in [1.82, 2.24) is 14.5 Å². The molecule has 1 heterocycles. The Labute approximate surface area is 165 Å². The molecular formula is C20H26N4O3S. The molecule has 2 aliphatic rings. The number of aryl methyl sites for hydroxylation is 4. The summed E-state index contributed by atoms with van der Waals surface area (Å²) < 4.78 is 28.9. The number of benzene rings is 1. The molecule has 0 atom stereocenters. The molecule has 28 heavy (non-hydrogen) atoms. The van der Waals surface area contributed by atoms with Gasteiger partial charge in [0.05, 0.1) is 0 Å². The average Bonchev–Trinajstić information content (AvgIpc) is 3.35. The van der Waals surface area contributed by atoms with Gasteiger partial charge < -0.3 is 5.32 Å². The minimum atomic E-state index is -4.02. The molecule has 0 saturated heterocycles. The van der Waals surface area contributed by atoms with E-state index in [4.69, 9.17) is 0 Å². The van der Waals surface area contributed by atoms with Gasteiger partial charge in [-0.2, -0.15) is 13.5 Å². The maximum atomic E-state index is 12.6. The largest absolute Gasteiger partial charge is 0.333 e. The summed E-state index contributed by atoms with van der Waals surface area (Å²) in [6.45, 7) is 2.02. The third-order valence-corrected chi connectivity index (χ3v) is 6.88. The first-order chi connectivity index (χ1) is 13.4. The second-order valence-electron chi connectivity index (χ2n) is 7.64. The van der Waals surface area contributed by atoms with E-state index in [0.717, 1.165) is 73.9 Å². The summed E-state index contributed by atoms with van der Waals surface area (Å²) >= 11 is 0. The number of aromatic nitrogens is 2. The molecule has 2 N–H and O–H groups in total. The number of carbonyl (C=O) groups is 1. The standard InChI is InChI=1S/C20H26N4O3S/c1-3-6-15-12-18(22-24(15)2)28(26,27)23-20(25)21-19-16-9-4-7-13(16)11-14-8-5-10-17(14)19/h11-12H,3-10H2,1-2H3,(H2,21,23,25). The first kappa shape index (κ1) is 19.0. The number of urea groups is 1. The highest BCUT2D eigenvalue weighted by atomic mass is 32.2. The molecule has 0 spiro atoms. The molecule has 0 fully saturated rings. The van der Waals surface area contributed by atoms with Crippen LogP contribution in [-0.4, -0.2) is 24.2 Å². The average molecular weight is 403 g/mol. The van der Waals surface area contributed by atoms with Gasteiger partial charge in [-0.3, -0.25) is 4.68 Å². The first-order valence-corrected chi connectivity index (χ1v) is 11.4. The topological polar surface area (TPSA) is 93.1 Å². The zero-order valence-corrected chi connectivity index (χ0v) is 17.2. The number of carbonyl (C=O) groups excluding carboxylic acids is 1. The number of amides is 2. The van der Waals surface area contributed by atoms with Crippen molar-refractivity contribution in [3.63, 3.8) is 0 Å². The molecule has 150 valence electrons. The van der Waals surface area contributed by atoms with Gasteiger partial charge in [-0.05, 0) is 67.2 Å². The van der Waals surface area contributed by atoms with Gasteiger partial charge in [0, 0.05) is 24.5 Å². The van der Waals surface area contributed by atoms with Crippen LogP contribution in [0.4, 0.5) is 10.5 Å². The van der Waals surface area contributed by atoms with Crippen LogP contribution in [0.2, 0.25) is 0 Å². The Hall–Kier alpha value is -2.35. The predicted octanol–water partition coefficient (Wildman–Crippen LogP) is 2.86. The van der Waals surface area contributed by atoms with Crippen LogP contribution in [0.15, 0.2) is 17.2 Å². The number of nitrogens with one attached hydrogen (secondary N) is 2. The quantitative estimate of drug-likeness (QED) is 0.804. The lowest BCUT2D eigenvalue weighted by Gasteiger charge is -2.16. The summed E-state index contributed by atoms with van der Waals surface area (Å²) in [4.78, 5) is 12.6. The Morgan fingerprint density at radius 3 is 2.36 bits per heavy atom. The van der Waals surface area contributed by atoms with Gasteiger partial charge in [-0.15, -0.1) is 0 Å². The van der Waals surface area contributed by atoms with Crippen LogP contribution in [0.5, 0.6) is 0 Å². The molecule has 0 bridgehead atoms. The maximum absolute atomic E-state index is 12.6. The van der Waals surface area contributed by atoms with E-state index in [9.17, 15) is 13.2 Å². The van der Waals surface area contributed by atoms with E-state index in [1.807, 2.05) is 6.92 Å². The molecule has 0 aliphatic heterocycles. The Morgan fingerprint density at radius 1 is 1.11 bits per heavy atom. The fourth-order valence-corrected chi connectivity index (χ4v) is 5.30. The van der Waals surface area contributed by atoms with E-state index in [-0.39, 0.29) is 5.03 Å². The van der Waals surface area contributed by atoms with Crippen LogP contribution < -0.4 is 10.0 Å². The van der Waals surface area contributed by atoms with Crippen LogP contribution in [0.3, 0.4) is 0 Å². The van der Waals surface area contributed by atoms with Gasteiger partial charge in [-0.1, -0.05) is 19.4 Å². The minimum Gasteiger partial charge on any atom is -0.307 e. The Morgan fingerprint density at radius 2 is 1.75 bits per heavy atom. The van der Waals surface area contributed by atoms with E-state index in [0.29, 0.717) is 0 Å². The van der Waals surface area contributed by atoms with Crippen molar-refractivity contribution in [2.75, 3.05) is 5.32 Å². The molecular weight excluding hydrogens is 376 g/mol. The van der Waals surface area contributed by atoms with Gasteiger partial charge in [0.15, 0.2) is 5.03 Å². The summed E-state index contributed by atoms with van der Waals surface area (Å²) in [6, 6.07) is 3.07.